The fourth-order valence-corrected chi connectivity index (χ4v) is 1.93. The number of methoxy groups -OCH3 is 1. The number of esters is 1. The molecule has 0 aliphatic carbocycles. The lowest BCUT2D eigenvalue weighted by Crippen LogP contribution is -2.46. The van der Waals surface area contributed by atoms with Crippen molar-refractivity contribution in [3.05, 3.63) is 35.9 Å². The molecule has 0 radical (unpaired) electrons. The first-order valence-corrected chi connectivity index (χ1v) is 7.67. The Labute approximate surface area is 146 Å². The normalized spacial score (nSPS) is 12.2. The quantitative estimate of drug-likeness (QED) is 0.681. The van der Waals surface area contributed by atoms with E-state index < -0.39 is 29.9 Å². The highest BCUT2D eigenvalue weighted by Crippen LogP contribution is 2.06. The lowest BCUT2D eigenvalue weighted by Gasteiger charge is -2.17. The third-order valence-electron chi connectivity index (χ3n) is 3.24. The topological polar surface area (TPSA) is 118 Å². The lowest BCUT2D eigenvalue weighted by molar-refractivity contribution is -0.145. The second-order valence-electron chi connectivity index (χ2n) is 5.32. The smallest absolute Gasteiger partial charge is 0.407 e. The first kappa shape index (κ1) is 20.0. The number of nitrogens with one attached hydrogen (secondary N) is 2. The number of ether oxygens (including phenoxy) is 2. The molecule has 0 unspecified atom stereocenters. The molecular formula is C17H21N3O5. The highest BCUT2D eigenvalue weighted by Gasteiger charge is 2.24. The van der Waals surface area contributed by atoms with Gasteiger partial charge in [-0.2, -0.15) is 5.26 Å². The Balaban J connectivity index is 2.39. The summed E-state index contributed by atoms with van der Waals surface area (Å²) < 4.78 is 9.57. The van der Waals surface area contributed by atoms with Crippen LogP contribution in [-0.2, 0) is 25.7 Å². The number of hydrogen-bond donors (Lipinski definition) is 2. The van der Waals surface area contributed by atoms with Crippen LogP contribution in [0.5, 0.6) is 0 Å². The van der Waals surface area contributed by atoms with E-state index in [0.717, 1.165) is 5.56 Å². The average molecular weight is 347 g/mol. The SMILES string of the molecule is COC(=O)[C@@H](C[C@H](C)C#N)NC(=O)CNC(=O)OCc1ccccc1. The van der Waals surface area contributed by atoms with Gasteiger partial charge in [-0.05, 0) is 18.9 Å². The zero-order valence-electron chi connectivity index (χ0n) is 14.2. The van der Waals surface area contributed by atoms with Crippen molar-refractivity contribution in [1.29, 1.82) is 5.26 Å². The van der Waals surface area contributed by atoms with Crippen LogP contribution < -0.4 is 10.6 Å². The van der Waals surface area contributed by atoms with Gasteiger partial charge in [0.1, 0.15) is 19.2 Å². The van der Waals surface area contributed by atoms with Crippen LogP contribution in [0.15, 0.2) is 30.3 Å². The van der Waals surface area contributed by atoms with Crippen molar-refractivity contribution in [3.8, 4) is 6.07 Å². The van der Waals surface area contributed by atoms with Gasteiger partial charge in [0.25, 0.3) is 0 Å². The van der Waals surface area contributed by atoms with Crippen LogP contribution in [-0.4, -0.2) is 37.7 Å². The predicted molar refractivity (Wildman–Crippen MR) is 88.0 cm³/mol. The third-order valence-corrected chi connectivity index (χ3v) is 3.24. The van der Waals surface area contributed by atoms with E-state index in [1.165, 1.54) is 7.11 Å². The second kappa shape index (κ2) is 10.6. The van der Waals surface area contributed by atoms with Crippen molar-refractivity contribution in [1.82, 2.24) is 10.6 Å². The minimum atomic E-state index is -0.950. The minimum absolute atomic E-state index is 0.0821. The fraction of sp³-hybridized carbons (Fsp3) is 0.412. The Bertz CT molecular complexity index is 627. The number of amides is 2. The van der Waals surface area contributed by atoms with Gasteiger partial charge in [-0.1, -0.05) is 30.3 Å². The van der Waals surface area contributed by atoms with Crippen LogP contribution in [0.4, 0.5) is 4.79 Å². The maximum Gasteiger partial charge on any atom is 0.407 e. The Morgan fingerprint density at radius 3 is 2.52 bits per heavy atom. The van der Waals surface area contributed by atoms with E-state index in [-0.39, 0.29) is 19.6 Å². The van der Waals surface area contributed by atoms with Gasteiger partial charge in [0.15, 0.2) is 0 Å². The largest absolute Gasteiger partial charge is 0.467 e. The van der Waals surface area contributed by atoms with Crippen LogP contribution >= 0.6 is 0 Å². The van der Waals surface area contributed by atoms with Crippen molar-refractivity contribution in [3.63, 3.8) is 0 Å². The molecule has 2 N–H and O–H groups in total. The zero-order chi connectivity index (χ0) is 18.7. The summed E-state index contributed by atoms with van der Waals surface area (Å²) in [6.07, 6.45) is -0.632. The summed E-state index contributed by atoms with van der Waals surface area (Å²) in [5, 5.41) is 13.5. The minimum Gasteiger partial charge on any atom is -0.467 e. The van der Waals surface area contributed by atoms with Crippen molar-refractivity contribution in [2.45, 2.75) is 26.0 Å². The molecule has 0 saturated heterocycles. The Kier molecular flexibility index (Phi) is 8.50. The molecule has 0 aliphatic heterocycles. The van der Waals surface area contributed by atoms with Crippen molar-refractivity contribution >= 4 is 18.0 Å². The van der Waals surface area contributed by atoms with Gasteiger partial charge >= 0.3 is 12.1 Å². The van der Waals surface area contributed by atoms with Crippen molar-refractivity contribution < 1.29 is 23.9 Å². The van der Waals surface area contributed by atoms with E-state index in [9.17, 15) is 14.4 Å². The van der Waals surface area contributed by atoms with Crippen molar-refractivity contribution in [2.75, 3.05) is 13.7 Å². The number of nitriles is 1. The van der Waals surface area contributed by atoms with E-state index in [4.69, 9.17) is 10.00 Å². The predicted octanol–water partition coefficient (Wildman–Crippen LogP) is 1.12. The molecular weight excluding hydrogens is 326 g/mol. The molecule has 1 aromatic carbocycles. The lowest BCUT2D eigenvalue weighted by atomic mass is 10.0. The molecule has 0 bridgehead atoms. The number of carbonyl (C=O) groups is 3. The molecule has 8 heteroatoms. The maximum atomic E-state index is 11.9. The molecule has 2 atom stereocenters. The van der Waals surface area contributed by atoms with Gasteiger partial charge in [-0.3, -0.25) is 4.79 Å². The van der Waals surface area contributed by atoms with E-state index in [1.54, 1.807) is 19.1 Å². The molecule has 0 fully saturated rings. The fourth-order valence-electron chi connectivity index (χ4n) is 1.93. The molecule has 134 valence electrons. The van der Waals surface area contributed by atoms with Gasteiger partial charge in [0, 0.05) is 5.92 Å². The van der Waals surface area contributed by atoms with Gasteiger partial charge < -0.3 is 20.1 Å². The molecule has 0 aromatic heterocycles. The van der Waals surface area contributed by atoms with E-state index in [2.05, 4.69) is 15.4 Å². The number of carbonyl (C=O) groups excluding carboxylic acids is 3. The highest BCUT2D eigenvalue weighted by atomic mass is 16.5. The summed E-state index contributed by atoms with van der Waals surface area (Å²) >= 11 is 0. The van der Waals surface area contributed by atoms with Crippen LogP contribution in [0.3, 0.4) is 0 Å². The summed E-state index contributed by atoms with van der Waals surface area (Å²) in [5.74, 6) is -1.67. The molecule has 0 saturated carbocycles. The van der Waals surface area contributed by atoms with E-state index >= 15 is 0 Å². The molecule has 0 aliphatic rings. The molecule has 25 heavy (non-hydrogen) atoms. The zero-order valence-corrected chi connectivity index (χ0v) is 14.2. The van der Waals surface area contributed by atoms with Crippen molar-refractivity contribution in [2.24, 2.45) is 5.92 Å². The summed E-state index contributed by atoms with van der Waals surface area (Å²) in [4.78, 5) is 35.1. The van der Waals surface area contributed by atoms with Gasteiger partial charge in [-0.15, -0.1) is 0 Å². The average Bonchev–Trinajstić information content (AvgIpc) is 2.64. The number of rotatable bonds is 8. The van der Waals surface area contributed by atoms with Gasteiger partial charge in [0.2, 0.25) is 5.91 Å². The molecule has 8 nitrogen and oxygen atoms in total. The number of benzene rings is 1. The third kappa shape index (κ3) is 7.83. The van der Waals surface area contributed by atoms with Crippen LogP contribution in [0.25, 0.3) is 0 Å². The standard InChI is InChI=1S/C17H21N3O5/c1-12(9-18)8-14(16(22)24-2)20-15(21)10-19-17(23)25-11-13-6-4-3-5-7-13/h3-7,12,14H,8,10-11H2,1-2H3,(H,19,23)(H,20,21)/t12-,14+/m0/s1. The molecule has 1 rings (SSSR count). The molecule has 0 heterocycles. The summed E-state index contributed by atoms with van der Waals surface area (Å²) in [6.45, 7) is 1.35. The Morgan fingerprint density at radius 1 is 1.24 bits per heavy atom. The Morgan fingerprint density at radius 2 is 1.92 bits per heavy atom. The second-order valence-corrected chi connectivity index (χ2v) is 5.32. The summed E-state index contributed by atoms with van der Waals surface area (Å²) in [5.41, 5.74) is 0.818. The Hall–Kier alpha value is -3.08. The van der Waals surface area contributed by atoms with Crippen LogP contribution in [0.1, 0.15) is 18.9 Å². The number of alkyl carbamates (subject to hydrolysis) is 1. The first-order valence-electron chi connectivity index (χ1n) is 7.67. The molecule has 1 aromatic rings. The summed E-state index contributed by atoms with van der Waals surface area (Å²) in [7, 11) is 1.19. The summed E-state index contributed by atoms with van der Waals surface area (Å²) in [6, 6.07) is 10.1. The molecule has 2 amide bonds. The number of hydrogen-bond acceptors (Lipinski definition) is 6. The van der Waals surface area contributed by atoms with Crippen LogP contribution in [0, 0.1) is 17.2 Å². The van der Waals surface area contributed by atoms with E-state index in [1.807, 2.05) is 24.3 Å². The monoisotopic (exact) mass is 347 g/mol. The van der Waals surface area contributed by atoms with E-state index in [0.29, 0.717) is 0 Å². The van der Waals surface area contributed by atoms with Gasteiger partial charge in [-0.25, -0.2) is 9.59 Å². The number of nitrogens with zero attached hydrogens (tertiary/aromatic N) is 1. The van der Waals surface area contributed by atoms with Gasteiger partial charge in [0.05, 0.1) is 13.2 Å². The maximum absolute atomic E-state index is 11.9. The molecule has 0 spiro atoms. The highest BCUT2D eigenvalue weighted by molar-refractivity contribution is 5.87. The van der Waals surface area contributed by atoms with Crippen LogP contribution in [0.2, 0.25) is 0 Å². The first-order chi connectivity index (χ1) is 12.0.